The van der Waals surface area contributed by atoms with E-state index in [9.17, 15) is 24.0 Å². The van der Waals surface area contributed by atoms with Gasteiger partial charge in [-0.1, -0.05) is 12.1 Å². The maximum Gasteiger partial charge on any atom is 0.325 e. The predicted molar refractivity (Wildman–Crippen MR) is 93.9 cm³/mol. The van der Waals surface area contributed by atoms with Crippen LogP contribution in [0.2, 0.25) is 0 Å². The van der Waals surface area contributed by atoms with Crippen LogP contribution in [0.15, 0.2) is 24.3 Å². The van der Waals surface area contributed by atoms with Gasteiger partial charge in [0.15, 0.2) is 0 Å². The second-order valence-electron chi connectivity index (χ2n) is 5.69. The van der Waals surface area contributed by atoms with Gasteiger partial charge in [-0.25, -0.2) is 4.79 Å². The summed E-state index contributed by atoms with van der Waals surface area (Å²) in [6, 6.07) is 3.67. The summed E-state index contributed by atoms with van der Waals surface area (Å²) in [4.78, 5) is 61.4. The Balaban J connectivity index is 2.18. The zero-order valence-corrected chi connectivity index (χ0v) is 15.5. The quantitative estimate of drug-likeness (QED) is 0.342. The first-order valence-electron chi connectivity index (χ1n) is 8.13. The van der Waals surface area contributed by atoms with Gasteiger partial charge in [0.2, 0.25) is 5.24 Å². The number of rotatable bonds is 5. The number of esters is 1. The number of nitrogens with zero attached hydrogens (tertiary/aromatic N) is 2. The largest absolute Gasteiger partial charge is 0.427 e. The van der Waals surface area contributed by atoms with Crippen LogP contribution >= 0.6 is 11.6 Å². The van der Waals surface area contributed by atoms with Gasteiger partial charge in [0.05, 0.1) is 0 Å². The van der Waals surface area contributed by atoms with Gasteiger partial charge in [-0.2, -0.15) is 0 Å². The topological polar surface area (TPSA) is 113 Å². The van der Waals surface area contributed by atoms with Crippen molar-refractivity contribution < 1.29 is 28.7 Å². The molecule has 1 heterocycles. The first-order chi connectivity index (χ1) is 12.7. The zero-order chi connectivity index (χ0) is 20.1. The molecule has 2 rings (SSSR count). The van der Waals surface area contributed by atoms with Gasteiger partial charge in [0, 0.05) is 26.6 Å². The summed E-state index contributed by atoms with van der Waals surface area (Å²) in [5.74, 6) is -2.15. The summed E-state index contributed by atoms with van der Waals surface area (Å²) in [7, 11) is 0. The summed E-state index contributed by atoms with van der Waals surface area (Å²) < 4.78 is 4.94. The average Bonchev–Trinajstić information content (AvgIpc) is 2.61. The lowest BCUT2D eigenvalue weighted by Gasteiger charge is -2.32. The van der Waals surface area contributed by atoms with E-state index in [-0.39, 0.29) is 24.4 Å². The van der Waals surface area contributed by atoms with Crippen LogP contribution in [0.25, 0.3) is 0 Å². The fourth-order valence-electron chi connectivity index (χ4n) is 2.57. The highest BCUT2D eigenvalue weighted by atomic mass is 35.5. The number of amides is 4. The van der Waals surface area contributed by atoms with E-state index in [4.69, 9.17) is 16.3 Å². The third-order valence-corrected chi connectivity index (χ3v) is 4.10. The molecule has 1 fully saturated rings. The number of hydrogen-bond acceptors (Lipinski definition) is 6. The van der Waals surface area contributed by atoms with E-state index in [1.807, 2.05) is 0 Å². The lowest BCUT2D eigenvalue weighted by atomic mass is 10.1. The van der Waals surface area contributed by atoms with Crippen LogP contribution in [0.5, 0.6) is 5.75 Å². The Bertz CT molecular complexity index is 797. The zero-order valence-electron chi connectivity index (χ0n) is 14.7. The molecule has 1 aromatic carbocycles. The van der Waals surface area contributed by atoms with Crippen LogP contribution in [0.1, 0.15) is 25.5 Å². The van der Waals surface area contributed by atoms with Crippen LogP contribution in [0.3, 0.4) is 0 Å². The summed E-state index contributed by atoms with van der Waals surface area (Å²) in [5, 5.41) is 1.43. The molecule has 10 heteroatoms. The van der Waals surface area contributed by atoms with Crippen molar-refractivity contribution in [3.05, 3.63) is 29.8 Å². The first kappa shape index (κ1) is 20.4. The van der Waals surface area contributed by atoms with Crippen LogP contribution < -0.4 is 10.1 Å². The Morgan fingerprint density at radius 2 is 1.93 bits per heavy atom. The molecule has 27 heavy (non-hydrogen) atoms. The van der Waals surface area contributed by atoms with Gasteiger partial charge in [-0.15, -0.1) is 0 Å². The number of hydrogen-bond donors (Lipinski definition) is 1. The van der Waals surface area contributed by atoms with Gasteiger partial charge >= 0.3 is 23.8 Å². The third kappa shape index (κ3) is 4.82. The Hall–Kier alpha value is -2.94. The van der Waals surface area contributed by atoms with E-state index in [0.29, 0.717) is 6.54 Å². The number of carbonyl (C=O) groups excluding carboxylic acids is 5. The molecule has 9 nitrogen and oxygen atoms in total. The predicted octanol–water partition coefficient (Wildman–Crippen LogP) is 0.819. The van der Waals surface area contributed by atoms with Gasteiger partial charge < -0.3 is 15.0 Å². The van der Waals surface area contributed by atoms with Crippen LogP contribution in [0.4, 0.5) is 4.79 Å². The lowest BCUT2D eigenvalue weighted by Crippen LogP contribution is -2.58. The summed E-state index contributed by atoms with van der Waals surface area (Å²) in [5.41, 5.74) is 0.257. The molecule has 0 radical (unpaired) electrons. The number of urea groups is 1. The number of piperazine rings is 1. The van der Waals surface area contributed by atoms with Crippen molar-refractivity contribution in [2.45, 2.75) is 19.9 Å². The normalized spacial score (nSPS) is 15.4. The van der Waals surface area contributed by atoms with Crippen molar-refractivity contribution in [2.75, 3.05) is 19.6 Å². The maximum absolute atomic E-state index is 12.4. The van der Waals surface area contributed by atoms with E-state index >= 15 is 0 Å². The molecule has 1 aromatic rings. The Kier molecular flexibility index (Phi) is 6.51. The monoisotopic (exact) mass is 395 g/mol. The Labute approximate surface area is 160 Å². The van der Waals surface area contributed by atoms with Crippen molar-refractivity contribution in [3.63, 3.8) is 0 Å². The number of imide groups is 1. The lowest BCUT2D eigenvalue weighted by molar-refractivity contribution is -0.153. The molecule has 0 bridgehead atoms. The van der Waals surface area contributed by atoms with E-state index in [1.165, 1.54) is 36.1 Å². The molecule has 1 unspecified atom stereocenters. The van der Waals surface area contributed by atoms with E-state index in [1.54, 1.807) is 6.92 Å². The van der Waals surface area contributed by atoms with Crippen LogP contribution in [-0.4, -0.2) is 58.5 Å². The molecule has 4 amide bonds. The average molecular weight is 396 g/mol. The minimum absolute atomic E-state index is 0.000923. The highest BCUT2D eigenvalue weighted by Crippen LogP contribution is 2.22. The Morgan fingerprint density at radius 1 is 1.22 bits per heavy atom. The smallest absolute Gasteiger partial charge is 0.325 e. The third-order valence-electron chi connectivity index (χ3n) is 3.88. The number of likely N-dealkylation sites (N-methyl/N-ethyl adjacent to an activating group) is 1. The van der Waals surface area contributed by atoms with Gasteiger partial charge in [0.1, 0.15) is 11.8 Å². The fraction of sp³-hybridized carbons (Fsp3) is 0.353. The number of benzene rings is 1. The first-order valence-corrected chi connectivity index (χ1v) is 8.51. The minimum Gasteiger partial charge on any atom is -0.427 e. The molecule has 1 N–H and O–H groups in total. The molecule has 1 atom stereocenters. The van der Waals surface area contributed by atoms with E-state index < -0.39 is 35.1 Å². The second kappa shape index (κ2) is 8.63. The van der Waals surface area contributed by atoms with Crippen molar-refractivity contribution in [3.8, 4) is 5.75 Å². The highest BCUT2D eigenvalue weighted by Gasteiger charge is 2.36. The number of halogens is 1. The van der Waals surface area contributed by atoms with Crippen molar-refractivity contribution in [1.82, 2.24) is 15.1 Å². The maximum atomic E-state index is 12.4. The van der Waals surface area contributed by atoms with Gasteiger partial charge in [-0.3, -0.25) is 24.1 Å². The van der Waals surface area contributed by atoms with Crippen molar-refractivity contribution in [2.24, 2.45) is 0 Å². The molecule has 0 aliphatic carbocycles. The molecule has 1 saturated heterocycles. The number of carbonyl (C=O) groups is 5. The van der Waals surface area contributed by atoms with E-state index in [2.05, 4.69) is 5.32 Å². The standard InChI is InChI=1S/C17H18ClN3O6/c1-3-20-7-8-21(16(25)15(20)24)17(26)19-13(14(18)23)11-5-4-6-12(9-11)27-10(2)22/h4-6,9,13H,3,7-8H2,1-2H3,(H,19,26). The van der Waals surface area contributed by atoms with E-state index in [0.717, 1.165) is 4.90 Å². The summed E-state index contributed by atoms with van der Waals surface area (Å²) >= 11 is 5.59. The minimum atomic E-state index is -1.29. The fourth-order valence-corrected chi connectivity index (χ4v) is 2.75. The van der Waals surface area contributed by atoms with Crippen molar-refractivity contribution >= 4 is 40.7 Å². The molecule has 144 valence electrons. The summed E-state index contributed by atoms with van der Waals surface area (Å²) in [6.45, 7) is 3.50. The van der Waals surface area contributed by atoms with Gasteiger partial charge in [0.25, 0.3) is 0 Å². The van der Waals surface area contributed by atoms with Crippen LogP contribution in [-0.2, 0) is 19.2 Å². The molecule has 0 aromatic heterocycles. The Morgan fingerprint density at radius 3 is 2.52 bits per heavy atom. The van der Waals surface area contributed by atoms with Gasteiger partial charge in [-0.05, 0) is 36.2 Å². The molecule has 0 saturated carbocycles. The van der Waals surface area contributed by atoms with Crippen LogP contribution in [0, 0.1) is 0 Å². The number of nitrogens with one attached hydrogen (secondary N) is 1. The second-order valence-corrected chi connectivity index (χ2v) is 6.07. The SMILES string of the molecule is CCN1CCN(C(=O)NC(C(=O)Cl)c2cccc(OC(C)=O)c2)C(=O)C1=O. The molecule has 1 aliphatic heterocycles. The number of ether oxygens (including phenoxy) is 1. The molecular weight excluding hydrogens is 378 g/mol. The highest BCUT2D eigenvalue weighted by molar-refractivity contribution is 6.64. The molecular formula is C17H18ClN3O6. The molecule has 1 aliphatic rings. The van der Waals surface area contributed by atoms with Crippen molar-refractivity contribution in [1.29, 1.82) is 0 Å². The molecule has 0 spiro atoms. The summed E-state index contributed by atoms with van der Waals surface area (Å²) in [6.07, 6.45) is 0.